The Hall–Kier alpha value is -6.85. The Bertz CT molecular complexity index is 2120. The van der Waals surface area contributed by atoms with Crippen molar-refractivity contribution in [2.24, 2.45) is 4.99 Å². The molecule has 5 heteroatoms. The van der Waals surface area contributed by atoms with Gasteiger partial charge < -0.3 is 9.80 Å². The van der Waals surface area contributed by atoms with Gasteiger partial charge in [0.25, 0.3) is 0 Å². The zero-order chi connectivity index (χ0) is 34.1. The van der Waals surface area contributed by atoms with Crippen LogP contribution in [0.15, 0.2) is 205 Å². The number of aliphatic imine (C=N–C) groups is 1. The van der Waals surface area contributed by atoms with Crippen molar-refractivity contribution in [1.29, 1.82) is 10.8 Å². The molecular formula is C45H35N5. The van der Waals surface area contributed by atoms with Crippen molar-refractivity contribution in [2.45, 2.75) is 0 Å². The summed E-state index contributed by atoms with van der Waals surface area (Å²) in [6, 6.07) is 66.5. The summed E-state index contributed by atoms with van der Waals surface area (Å²) in [5.74, 6) is 0.0978. The Balaban J connectivity index is 1.25. The second kappa shape index (κ2) is 14.9. The highest BCUT2D eigenvalue weighted by atomic mass is 15.1. The molecule has 2 N–H and O–H groups in total. The molecule has 0 atom stereocenters. The van der Waals surface area contributed by atoms with Crippen LogP contribution in [0.5, 0.6) is 0 Å². The highest BCUT2D eigenvalue weighted by molar-refractivity contribution is 6.53. The molecule has 0 aromatic heterocycles. The van der Waals surface area contributed by atoms with E-state index in [1.165, 1.54) is 0 Å². The van der Waals surface area contributed by atoms with Crippen LogP contribution in [0.2, 0.25) is 0 Å². The lowest BCUT2D eigenvalue weighted by atomic mass is 9.98. The highest BCUT2D eigenvalue weighted by Crippen LogP contribution is 2.36. The molecule has 50 heavy (non-hydrogen) atoms. The van der Waals surface area contributed by atoms with Crippen LogP contribution in [-0.4, -0.2) is 17.3 Å². The summed E-state index contributed by atoms with van der Waals surface area (Å²) in [5, 5.41) is 18.3. The molecule has 0 bridgehead atoms. The number of anilines is 6. The van der Waals surface area contributed by atoms with Gasteiger partial charge in [0.2, 0.25) is 0 Å². The maximum absolute atomic E-state index is 9.44. The van der Waals surface area contributed by atoms with Gasteiger partial charge in [0.15, 0.2) is 5.84 Å². The van der Waals surface area contributed by atoms with Crippen LogP contribution in [0.1, 0.15) is 16.7 Å². The third-order valence-corrected chi connectivity index (χ3v) is 8.38. The van der Waals surface area contributed by atoms with Gasteiger partial charge in [-0.25, -0.2) is 4.99 Å². The standard InChI is InChI=1S/C45H35N5/c46-43(34-26-30-41(31-27-34)49(37-18-8-2-9-19-37)38-20-10-3-11-21-38)44(48-45(47)36-16-6-1-7-17-36)35-28-32-42(33-29-35)50(39-22-12-4-13-23-39)40-24-14-5-15-25-40/h1-33,46-47H. The van der Waals surface area contributed by atoms with Gasteiger partial charge in [-0.1, -0.05) is 127 Å². The van der Waals surface area contributed by atoms with Crippen LogP contribution in [-0.2, 0) is 0 Å². The van der Waals surface area contributed by atoms with Crippen LogP contribution in [0.25, 0.3) is 0 Å². The van der Waals surface area contributed by atoms with Crippen molar-refractivity contribution in [3.63, 3.8) is 0 Å². The summed E-state index contributed by atoms with van der Waals surface area (Å²) in [7, 11) is 0. The molecule has 240 valence electrons. The minimum atomic E-state index is 0.0978. The van der Waals surface area contributed by atoms with Gasteiger partial charge in [0, 0.05) is 50.8 Å². The van der Waals surface area contributed by atoms with Gasteiger partial charge in [-0.3, -0.25) is 10.8 Å². The van der Waals surface area contributed by atoms with E-state index in [0.29, 0.717) is 16.8 Å². The predicted molar refractivity (Wildman–Crippen MR) is 209 cm³/mol. The Morgan fingerprint density at radius 3 is 0.980 bits per heavy atom. The summed E-state index contributed by atoms with van der Waals surface area (Å²) in [4.78, 5) is 9.18. The minimum Gasteiger partial charge on any atom is -0.311 e. The molecule has 0 aliphatic carbocycles. The molecule has 0 radical (unpaired) electrons. The maximum atomic E-state index is 9.44. The fourth-order valence-electron chi connectivity index (χ4n) is 5.92. The fraction of sp³-hybridized carbons (Fsp3) is 0. The van der Waals surface area contributed by atoms with E-state index >= 15 is 0 Å². The zero-order valence-electron chi connectivity index (χ0n) is 27.4. The predicted octanol–water partition coefficient (Wildman–Crippen LogP) is 11.5. The Labute approximate surface area is 293 Å². The van der Waals surface area contributed by atoms with Gasteiger partial charge in [0.1, 0.15) is 0 Å². The van der Waals surface area contributed by atoms with E-state index in [0.717, 1.165) is 39.7 Å². The second-order valence-corrected chi connectivity index (χ2v) is 11.7. The molecule has 0 unspecified atom stereocenters. The second-order valence-electron chi connectivity index (χ2n) is 11.7. The lowest BCUT2D eigenvalue weighted by Crippen LogP contribution is -2.19. The van der Waals surface area contributed by atoms with Crippen molar-refractivity contribution in [3.8, 4) is 0 Å². The highest BCUT2D eigenvalue weighted by Gasteiger charge is 2.18. The first-order valence-electron chi connectivity index (χ1n) is 16.5. The van der Waals surface area contributed by atoms with Crippen molar-refractivity contribution in [2.75, 3.05) is 9.80 Å². The van der Waals surface area contributed by atoms with Crippen LogP contribution < -0.4 is 9.80 Å². The summed E-state index contributed by atoms with van der Waals surface area (Å²) in [5.41, 5.74) is 8.91. The van der Waals surface area contributed by atoms with E-state index in [1.807, 2.05) is 152 Å². The normalized spacial score (nSPS) is 11.1. The van der Waals surface area contributed by atoms with Crippen LogP contribution in [0.3, 0.4) is 0 Å². The van der Waals surface area contributed by atoms with E-state index in [4.69, 9.17) is 10.4 Å². The molecule has 0 heterocycles. The van der Waals surface area contributed by atoms with Crippen LogP contribution in [0, 0.1) is 10.8 Å². The van der Waals surface area contributed by atoms with Gasteiger partial charge in [-0.2, -0.15) is 0 Å². The first-order valence-corrected chi connectivity index (χ1v) is 16.5. The molecule has 0 saturated heterocycles. The Morgan fingerprint density at radius 1 is 0.320 bits per heavy atom. The van der Waals surface area contributed by atoms with Gasteiger partial charge in [-0.15, -0.1) is 0 Å². The molecule has 7 aromatic rings. The minimum absolute atomic E-state index is 0.0978. The van der Waals surface area contributed by atoms with E-state index in [1.54, 1.807) is 0 Å². The van der Waals surface area contributed by atoms with Crippen LogP contribution in [0.4, 0.5) is 34.1 Å². The van der Waals surface area contributed by atoms with Gasteiger partial charge in [0.05, 0.1) is 11.4 Å². The average Bonchev–Trinajstić information content (AvgIpc) is 3.19. The van der Waals surface area contributed by atoms with Crippen LogP contribution >= 0.6 is 0 Å². The summed E-state index contributed by atoms with van der Waals surface area (Å²) >= 11 is 0. The molecule has 5 nitrogen and oxygen atoms in total. The van der Waals surface area contributed by atoms with E-state index in [-0.39, 0.29) is 11.5 Å². The molecular weight excluding hydrogens is 611 g/mol. The van der Waals surface area contributed by atoms with Gasteiger partial charge >= 0.3 is 0 Å². The summed E-state index contributed by atoms with van der Waals surface area (Å²) < 4.78 is 0. The number of para-hydroxylation sites is 4. The summed E-state index contributed by atoms with van der Waals surface area (Å²) in [6.45, 7) is 0. The summed E-state index contributed by atoms with van der Waals surface area (Å²) in [6.07, 6.45) is 0. The van der Waals surface area contributed by atoms with Gasteiger partial charge in [-0.05, 0) is 72.8 Å². The number of nitrogens with zero attached hydrogens (tertiary/aromatic N) is 3. The van der Waals surface area contributed by atoms with E-state index < -0.39 is 0 Å². The third kappa shape index (κ3) is 7.03. The Morgan fingerprint density at radius 2 is 0.620 bits per heavy atom. The molecule has 0 saturated carbocycles. The number of hydrogen-bond donors (Lipinski definition) is 2. The smallest absolute Gasteiger partial charge is 0.152 e. The average molecular weight is 646 g/mol. The van der Waals surface area contributed by atoms with Crippen molar-refractivity contribution < 1.29 is 0 Å². The van der Waals surface area contributed by atoms with E-state index in [2.05, 4.69) is 58.3 Å². The number of nitrogens with one attached hydrogen (secondary N) is 2. The first kappa shape index (κ1) is 31.7. The SMILES string of the molecule is N=C(N=C(C(=N)c1ccc(N(c2ccccc2)c2ccccc2)cc1)c1ccc(N(c2ccccc2)c2ccccc2)cc1)c1ccccc1. The molecule has 0 aliphatic rings. The van der Waals surface area contributed by atoms with Crippen molar-refractivity contribution in [3.05, 3.63) is 217 Å². The quantitative estimate of drug-likeness (QED) is 0.115. The molecule has 7 aromatic carbocycles. The fourth-order valence-corrected chi connectivity index (χ4v) is 5.92. The molecule has 7 rings (SSSR count). The lowest BCUT2D eigenvalue weighted by Gasteiger charge is -2.26. The lowest BCUT2D eigenvalue weighted by molar-refractivity contribution is 1.28. The van der Waals surface area contributed by atoms with E-state index in [9.17, 15) is 5.41 Å². The third-order valence-electron chi connectivity index (χ3n) is 8.38. The monoisotopic (exact) mass is 645 g/mol. The van der Waals surface area contributed by atoms with Crippen molar-refractivity contribution >= 4 is 51.4 Å². The largest absolute Gasteiger partial charge is 0.311 e. The molecule has 0 fully saturated rings. The zero-order valence-corrected chi connectivity index (χ0v) is 27.4. The Kier molecular flexibility index (Phi) is 9.47. The number of benzene rings is 7. The number of amidine groups is 1. The molecule has 0 amide bonds. The number of hydrogen-bond acceptors (Lipinski definition) is 4. The topological polar surface area (TPSA) is 66.5 Å². The first-order chi connectivity index (χ1) is 24.7. The molecule has 0 spiro atoms. The van der Waals surface area contributed by atoms with Crippen molar-refractivity contribution in [1.82, 2.24) is 0 Å². The number of rotatable bonds is 10. The maximum Gasteiger partial charge on any atom is 0.152 e. The molecule has 0 aliphatic heterocycles.